The van der Waals surface area contributed by atoms with Crippen LogP contribution in [0.15, 0.2) is 48.8 Å². The molecule has 4 fully saturated rings. The highest BCUT2D eigenvalue weighted by molar-refractivity contribution is 5.85. The van der Waals surface area contributed by atoms with E-state index >= 15 is 0 Å². The summed E-state index contributed by atoms with van der Waals surface area (Å²) >= 11 is 0. The van der Waals surface area contributed by atoms with Crippen molar-refractivity contribution in [3.63, 3.8) is 0 Å². The average molecular weight is 619 g/mol. The molecule has 2 aliphatic carbocycles. The van der Waals surface area contributed by atoms with Crippen LogP contribution in [0.25, 0.3) is 44.6 Å². The smallest absolute Gasteiger partial charge is 0.411 e. The van der Waals surface area contributed by atoms with E-state index in [0.717, 1.165) is 76.1 Å². The van der Waals surface area contributed by atoms with E-state index in [1.165, 1.54) is 0 Å². The van der Waals surface area contributed by atoms with Gasteiger partial charge in [0.25, 0.3) is 0 Å². The number of imidazole rings is 2. The Labute approximate surface area is 264 Å². The second-order valence-corrected chi connectivity index (χ2v) is 14.2. The number of hydrogen-bond acceptors (Lipinski definition) is 7. The van der Waals surface area contributed by atoms with Gasteiger partial charge in [-0.05, 0) is 82.6 Å². The maximum Gasteiger partial charge on any atom is 0.411 e. The number of carboxylic acid groups (broad SMARTS) is 1. The molecule has 2 saturated carbocycles. The number of amides is 2. The average Bonchev–Trinajstić information content (AvgIpc) is 3.64. The third kappa shape index (κ3) is 4.49. The molecular formula is C34H34N8O4. The SMILES string of the molecule is CC(C)(C)OC(=O)N1[C@@H]2C[C@@H]2C[C@H]1c1nc2cc(-c3cnc4cc(-c5c[nH]c([C@@H]6C[C@H]7C[C@H]7N6C(=O)O)n5)ccc4n3)ccc2[nH]1. The molecule has 4 aliphatic rings. The Morgan fingerprint density at radius 3 is 2.28 bits per heavy atom. The van der Waals surface area contributed by atoms with Crippen LogP contribution in [-0.4, -0.2) is 74.7 Å². The van der Waals surface area contributed by atoms with Crippen LogP contribution in [0.3, 0.4) is 0 Å². The second kappa shape index (κ2) is 9.51. The third-order valence-electron chi connectivity index (χ3n) is 9.90. The molecule has 2 amide bonds. The standard InChI is InChI=1S/C34H34N8O4/c1-34(2,3)46-33(45)42-27-11-19(27)13-29(42)31-38-21-7-5-17(9-23(21)39-31)24-14-35-22-8-16(4-6-20(22)37-24)25-15-36-30(40-25)28-12-18-10-26(18)41(28)32(43)44/h4-9,14-15,18-19,26-29H,10-13H2,1-3H3,(H,36,40)(H,38,39)(H,43,44)/t18-,19-,26-,27-,28+,29+/m1/s1. The van der Waals surface area contributed by atoms with Gasteiger partial charge in [-0.25, -0.2) is 24.5 Å². The van der Waals surface area contributed by atoms with Crippen LogP contribution in [-0.2, 0) is 4.74 Å². The van der Waals surface area contributed by atoms with E-state index in [4.69, 9.17) is 24.7 Å². The van der Waals surface area contributed by atoms with Crippen molar-refractivity contribution in [1.29, 1.82) is 0 Å². The Kier molecular flexibility index (Phi) is 5.65. The second-order valence-electron chi connectivity index (χ2n) is 14.2. The van der Waals surface area contributed by atoms with Gasteiger partial charge in [0, 0.05) is 29.4 Å². The van der Waals surface area contributed by atoms with Crippen LogP contribution in [0.4, 0.5) is 9.59 Å². The minimum absolute atomic E-state index is 0.129. The summed E-state index contributed by atoms with van der Waals surface area (Å²) in [6.45, 7) is 5.67. The van der Waals surface area contributed by atoms with E-state index in [0.29, 0.717) is 17.7 Å². The van der Waals surface area contributed by atoms with Gasteiger partial charge in [0.2, 0.25) is 0 Å². The van der Waals surface area contributed by atoms with Crippen molar-refractivity contribution in [2.45, 2.75) is 76.2 Å². The van der Waals surface area contributed by atoms with Crippen LogP contribution in [0.2, 0.25) is 0 Å². The molecule has 234 valence electrons. The number of carbonyl (C=O) groups excluding carboxylic acids is 1. The predicted octanol–water partition coefficient (Wildman–Crippen LogP) is 6.45. The Bertz CT molecular complexity index is 2060. The zero-order chi connectivity index (χ0) is 31.5. The van der Waals surface area contributed by atoms with E-state index in [-0.39, 0.29) is 30.3 Å². The monoisotopic (exact) mass is 618 g/mol. The minimum atomic E-state index is -0.883. The van der Waals surface area contributed by atoms with Gasteiger partial charge in [0.1, 0.15) is 17.2 Å². The number of hydrogen-bond donors (Lipinski definition) is 3. The summed E-state index contributed by atoms with van der Waals surface area (Å²) < 4.78 is 5.73. The first-order chi connectivity index (χ1) is 22.1. The quantitative estimate of drug-likeness (QED) is 0.208. The van der Waals surface area contributed by atoms with Crippen molar-refractivity contribution >= 4 is 34.3 Å². The molecule has 3 aromatic heterocycles. The first-order valence-electron chi connectivity index (χ1n) is 15.9. The lowest BCUT2D eigenvalue weighted by Gasteiger charge is -2.29. The summed E-state index contributed by atoms with van der Waals surface area (Å²) in [4.78, 5) is 54.3. The molecule has 2 saturated heterocycles. The molecule has 2 aromatic carbocycles. The first kappa shape index (κ1) is 27.3. The molecule has 2 aliphatic heterocycles. The highest BCUT2D eigenvalue weighted by atomic mass is 16.6. The van der Waals surface area contributed by atoms with Crippen LogP contribution < -0.4 is 0 Å². The number of fused-ring (bicyclic) bond motifs is 4. The summed E-state index contributed by atoms with van der Waals surface area (Å²) in [5, 5.41) is 9.70. The lowest BCUT2D eigenvalue weighted by molar-refractivity contribution is 0.0175. The van der Waals surface area contributed by atoms with Crippen LogP contribution in [0, 0.1) is 11.8 Å². The highest BCUT2D eigenvalue weighted by Gasteiger charge is 2.57. The predicted molar refractivity (Wildman–Crippen MR) is 169 cm³/mol. The number of nitrogens with zero attached hydrogens (tertiary/aromatic N) is 6. The summed E-state index contributed by atoms with van der Waals surface area (Å²) in [6.07, 6.45) is 6.11. The molecule has 3 N–H and O–H groups in total. The molecule has 12 heteroatoms. The summed E-state index contributed by atoms with van der Waals surface area (Å²) in [5.41, 5.74) is 5.93. The number of piperidine rings is 2. The number of carbonyl (C=O) groups is 2. The molecule has 6 atom stereocenters. The van der Waals surface area contributed by atoms with Crippen molar-refractivity contribution in [3.05, 3.63) is 60.4 Å². The molecule has 5 heterocycles. The van der Waals surface area contributed by atoms with Gasteiger partial charge in [0.15, 0.2) is 0 Å². The Balaban J connectivity index is 0.959. The number of aromatic amines is 2. The van der Waals surface area contributed by atoms with Gasteiger partial charge in [-0.15, -0.1) is 0 Å². The minimum Gasteiger partial charge on any atom is -0.465 e. The van der Waals surface area contributed by atoms with E-state index in [9.17, 15) is 14.7 Å². The zero-order valence-electron chi connectivity index (χ0n) is 25.8. The fourth-order valence-corrected chi connectivity index (χ4v) is 7.56. The molecule has 0 spiro atoms. The topological polar surface area (TPSA) is 153 Å². The first-order valence-corrected chi connectivity index (χ1v) is 15.9. The zero-order valence-corrected chi connectivity index (χ0v) is 25.8. The Morgan fingerprint density at radius 2 is 1.52 bits per heavy atom. The van der Waals surface area contributed by atoms with Crippen LogP contribution in [0.5, 0.6) is 0 Å². The van der Waals surface area contributed by atoms with Gasteiger partial charge in [-0.1, -0.05) is 12.1 Å². The van der Waals surface area contributed by atoms with Crippen molar-refractivity contribution in [2.24, 2.45) is 11.8 Å². The van der Waals surface area contributed by atoms with E-state index in [2.05, 4.69) is 9.97 Å². The third-order valence-corrected chi connectivity index (χ3v) is 9.90. The molecule has 0 unspecified atom stereocenters. The lowest BCUT2D eigenvalue weighted by atomic mass is 10.1. The van der Waals surface area contributed by atoms with Gasteiger partial charge in [-0.3, -0.25) is 14.8 Å². The molecular weight excluding hydrogens is 584 g/mol. The van der Waals surface area contributed by atoms with E-state index < -0.39 is 11.7 Å². The molecule has 0 radical (unpaired) electrons. The van der Waals surface area contributed by atoms with E-state index in [1.54, 1.807) is 11.1 Å². The molecule has 46 heavy (non-hydrogen) atoms. The van der Waals surface area contributed by atoms with Crippen molar-refractivity contribution < 1.29 is 19.4 Å². The highest BCUT2D eigenvalue weighted by Crippen LogP contribution is 2.54. The lowest BCUT2D eigenvalue weighted by Crippen LogP contribution is -2.38. The maximum absolute atomic E-state index is 13.1. The normalized spacial score (nSPS) is 26.4. The van der Waals surface area contributed by atoms with Gasteiger partial charge < -0.3 is 19.8 Å². The molecule has 9 rings (SSSR count). The number of benzene rings is 2. The van der Waals surface area contributed by atoms with Crippen LogP contribution >= 0.6 is 0 Å². The largest absolute Gasteiger partial charge is 0.465 e. The number of H-pyrrole nitrogens is 2. The maximum atomic E-state index is 13.1. The van der Waals surface area contributed by atoms with Crippen molar-refractivity contribution in [2.75, 3.05) is 0 Å². The fraction of sp³-hybridized carbons (Fsp3) is 0.412. The fourth-order valence-electron chi connectivity index (χ4n) is 7.56. The number of rotatable bonds is 4. The molecule has 0 bridgehead atoms. The van der Waals surface area contributed by atoms with Crippen molar-refractivity contribution in [3.8, 4) is 22.5 Å². The number of likely N-dealkylation sites (tertiary alicyclic amines) is 2. The molecule has 5 aromatic rings. The van der Waals surface area contributed by atoms with Gasteiger partial charge in [-0.2, -0.15) is 0 Å². The Hall–Kier alpha value is -5.00. The Morgan fingerprint density at radius 1 is 0.826 bits per heavy atom. The molecule has 12 nitrogen and oxygen atoms in total. The van der Waals surface area contributed by atoms with Gasteiger partial charge >= 0.3 is 12.2 Å². The van der Waals surface area contributed by atoms with Crippen LogP contribution in [0.1, 0.15) is 70.2 Å². The number of nitrogens with one attached hydrogen (secondary N) is 2. The number of ether oxygens (including phenoxy) is 1. The van der Waals surface area contributed by atoms with E-state index in [1.807, 2.05) is 68.3 Å². The summed E-state index contributed by atoms with van der Waals surface area (Å²) in [6, 6.07) is 11.9. The number of aromatic nitrogens is 6. The van der Waals surface area contributed by atoms with Gasteiger partial charge in [0.05, 0.1) is 51.7 Å². The van der Waals surface area contributed by atoms with Crippen molar-refractivity contribution in [1.82, 2.24) is 39.7 Å². The summed E-state index contributed by atoms with van der Waals surface area (Å²) in [7, 11) is 0. The summed E-state index contributed by atoms with van der Waals surface area (Å²) in [5.74, 6) is 2.42.